The number of aliphatic hydroxyl groups is 1. The van der Waals surface area contributed by atoms with Crippen molar-refractivity contribution in [1.29, 1.82) is 0 Å². The Hall–Kier alpha value is -4.05. The summed E-state index contributed by atoms with van der Waals surface area (Å²) in [4.78, 5) is 17.6. The highest BCUT2D eigenvalue weighted by molar-refractivity contribution is 5.96. The molecule has 1 unspecified atom stereocenters. The second-order valence-electron chi connectivity index (χ2n) is 10.6. The van der Waals surface area contributed by atoms with Gasteiger partial charge in [-0.05, 0) is 82.0 Å². The number of rotatable bonds is 9. The molecule has 40 heavy (non-hydrogen) atoms. The number of benzene rings is 2. The van der Waals surface area contributed by atoms with E-state index in [1.807, 2.05) is 0 Å². The monoisotopic (exact) mass is 554 g/mol. The largest absolute Gasteiger partial charge is 0.495 e. The number of carbonyl (C=O) groups excluding carboxylic acids is 1. The summed E-state index contributed by atoms with van der Waals surface area (Å²) >= 11 is 0. The topological polar surface area (TPSA) is 123 Å². The summed E-state index contributed by atoms with van der Waals surface area (Å²) in [6, 6.07) is 8.06. The molecule has 3 aromatic rings. The zero-order valence-electron chi connectivity index (χ0n) is 22.8. The Balaban J connectivity index is 1.73. The lowest BCUT2D eigenvalue weighted by Gasteiger charge is -2.25. The number of amides is 1. The van der Waals surface area contributed by atoms with Crippen LogP contribution in [0.5, 0.6) is 5.75 Å². The number of carbonyl (C=O) groups is 1. The highest BCUT2D eigenvalue weighted by atomic mass is 19.1. The number of halogens is 3. The third kappa shape index (κ3) is 6.07. The number of nitrogens with two attached hydrogens (primary N) is 2. The minimum absolute atomic E-state index is 0.000981. The Kier molecular flexibility index (Phi) is 8.11. The van der Waals surface area contributed by atoms with Gasteiger partial charge in [0.2, 0.25) is 0 Å². The van der Waals surface area contributed by atoms with E-state index in [4.69, 9.17) is 16.2 Å². The molecule has 1 aliphatic rings. The number of aromatic nitrogens is 1. The fraction of sp³-hybridized carbons (Fsp3) is 0.333. The van der Waals surface area contributed by atoms with E-state index in [-0.39, 0.29) is 35.0 Å². The summed E-state index contributed by atoms with van der Waals surface area (Å²) in [5, 5.41) is 13.5. The molecule has 4 rings (SSSR count). The highest BCUT2D eigenvalue weighted by Gasteiger charge is 2.39. The number of nitrogens with one attached hydrogen (secondary N) is 1. The minimum atomic E-state index is -1.87. The van der Waals surface area contributed by atoms with E-state index in [1.54, 1.807) is 19.1 Å². The van der Waals surface area contributed by atoms with E-state index in [0.717, 1.165) is 25.0 Å². The third-order valence-electron chi connectivity index (χ3n) is 6.90. The van der Waals surface area contributed by atoms with Gasteiger partial charge in [0.05, 0.1) is 29.7 Å². The van der Waals surface area contributed by atoms with Gasteiger partial charge in [0.25, 0.3) is 5.91 Å². The Morgan fingerprint density at radius 2 is 1.85 bits per heavy atom. The van der Waals surface area contributed by atoms with Gasteiger partial charge in [-0.15, -0.1) is 0 Å². The number of nitrogen functional groups attached to an aromatic ring is 1. The maximum Gasteiger partial charge on any atom is 0.251 e. The van der Waals surface area contributed by atoms with Crippen LogP contribution < -0.4 is 21.5 Å². The molecule has 1 aliphatic carbocycles. The molecule has 0 bridgehead atoms. The van der Waals surface area contributed by atoms with Gasteiger partial charge in [0, 0.05) is 34.9 Å². The molecule has 1 heterocycles. The van der Waals surface area contributed by atoms with E-state index >= 15 is 8.78 Å². The van der Waals surface area contributed by atoms with Crippen LogP contribution in [-0.2, 0) is 5.60 Å². The summed E-state index contributed by atoms with van der Waals surface area (Å²) < 4.78 is 50.4. The van der Waals surface area contributed by atoms with Crippen molar-refractivity contribution in [3.05, 3.63) is 81.9 Å². The zero-order valence-corrected chi connectivity index (χ0v) is 22.8. The van der Waals surface area contributed by atoms with Gasteiger partial charge >= 0.3 is 0 Å². The predicted molar refractivity (Wildman–Crippen MR) is 148 cm³/mol. The Labute approximate surface area is 231 Å². The fourth-order valence-corrected chi connectivity index (χ4v) is 4.75. The van der Waals surface area contributed by atoms with Gasteiger partial charge in [-0.25, -0.2) is 18.2 Å². The van der Waals surface area contributed by atoms with Crippen LogP contribution in [0.15, 0.2) is 42.1 Å². The molecule has 6 N–H and O–H groups in total. The van der Waals surface area contributed by atoms with Gasteiger partial charge in [-0.3, -0.25) is 4.79 Å². The van der Waals surface area contributed by atoms with E-state index in [9.17, 15) is 14.3 Å². The number of anilines is 1. The first-order valence-corrected chi connectivity index (χ1v) is 12.9. The van der Waals surface area contributed by atoms with Crippen molar-refractivity contribution in [3.63, 3.8) is 0 Å². The second-order valence-corrected chi connectivity index (χ2v) is 10.6. The van der Waals surface area contributed by atoms with Gasteiger partial charge in [0.1, 0.15) is 17.3 Å². The molecule has 1 fully saturated rings. The van der Waals surface area contributed by atoms with Crippen LogP contribution in [0.25, 0.3) is 17.3 Å². The van der Waals surface area contributed by atoms with Crippen molar-refractivity contribution < 1.29 is 27.8 Å². The van der Waals surface area contributed by atoms with Crippen molar-refractivity contribution in [3.8, 4) is 17.0 Å². The molecular formula is C30H33F3N4O3. The van der Waals surface area contributed by atoms with Crippen LogP contribution in [0.3, 0.4) is 0 Å². The van der Waals surface area contributed by atoms with Gasteiger partial charge < -0.3 is 26.6 Å². The summed E-state index contributed by atoms with van der Waals surface area (Å²) in [5.74, 6) is -3.30. The molecule has 1 aromatic heterocycles. The van der Waals surface area contributed by atoms with Crippen LogP contribution in [0, 0.1) is 23.4 Å². The molecule has 1 amide bonds. The number of nitrogens with zero attached hydrogens (tertiary/aromatic N) is 1. The van der Waals surface area contributed by atoms with E-state index < -0.39 is 40.4 Å². The van der Waals surface area contributed by atoms with Gasteiger partial charge in [0.15, 0.2) is 11.6 Å². The van der Waals surface area contributed by atoms with Crippen LogP contribution >= 0.6 is 0 Å². The lowest BCUT2D eigenvalue weighted by Crippen LogP contribution is -2.31. The molecule has 10 heteroatoms. The average Bonchev–Trinajstić information content (AvgIpc) is 3.71. The van der Waals surface area contributed by atoms with Crippen LogP contribution in [-0.4, -0.2) is 29.7 Å². The van der Waals surface area contributed by atoms with Crippen molar-refractivity contribution in [2.75, 3.05) is 19.4 Å². The number of methoxy groups -OCH3 is 1. The van der Waals surface area contributed by atoms with Crippen LogP contribution in [0.2, 0.25) is 0 Å². The maximum atomic E-state index is 15.9. The first-order valence-electron chi connectivity index (χ1n) is 12.9. The highest BCUT2D eigenvalue weighted by Crippen LogP contribution is 2.45. The molecule has 1 atom stereocenters. The zero-order chi connectivity index (χ0) is 29.4. The number of pyridine rings is 1. The normalized spacial score (nSPS) is 14.7. The number of hydrogen-bond acceptors (Lipinski definition) is 6. The van der Waals surface area contributed by atoms with Gasteiger partial charge in [-0.2, -0.15) is 0 Å². The summed E-state index contributed by atoms with van der Waals surface area (Å²) in [7, 11) is 1.43. The first-order chi connectivity index (χ1) is 18.8. The summed E-state index contributed by atoms with van der Waals surface area (Å²) in [6.45, 7) is 4.25. The van der Waals surface area contributed by atoms with Crippen LogP contribution in [0.1, 0.15) is 66.7 Å². The quantitative estimate of drug-likeness (QED) is 0.269. The van der Waals surface area contributed by atoms with Crippen molar-refractivity contribution >= 4 is 17.7 Å². The lowest BCUT2D eigenvalue weighted by molar-refractivity contribution is 0.0696. The first kappa shape index (κ1) is 28.9. The standard InChI is InChI=1S/C30H33F3N4O3/c1-15(34)11-18-12-19(13-22(40-4)26(18)35)29(38)36-14-21(16-5-6-16)28-25(33)23(30(2,3)39)24(32)27(37-28)17-7-9-20(31)10-8-17/h7-13,16,21,39H,5-6,14,34-35H2,1-4H3,(H,36,38)/b15-11-. The van der Waals surface area contributed by atoms with E-state index in [1.165, 1.54) is 39.2 Å². The van der Waals surface area contributed by atoms with Gasteiger partial charge in [-0.1, -0.05) is 0 Å². The molecule has 0 spiro atoms. The number of ether oxygens (including phenoxy) is 1. The van der Waals surface area contributed by atoms with E-state index in [0.29, 0.717) is 22.7 Å². The van der Waals surface area contributed by atoms with Crippen molar-refractivity contribution in [2.45, 2.75) is 45.1 Å². The van der Waals surface area contributed by atoms with Crippen molar-refractivity contribution in [2.24, 2.45) is 11.7 Å². The lowest BCUT2D eigenvalue weighted by atomic mass is 9.90. The molecule has 0 saturated heterocycles. The Morgan fingerprint density at radius 3 is 2.40 bits per heavy atom. The Bertz CT molecular complexity index is 1460. The number of allylic oxidation sites excluding steroid dienone is 1. The third-order valence-corrected chi connectivity index (χ3v) is 6.90. The Morgan fingerprint density at radius 1 is 1.20 bits per heavy atom. The van der Waals surface area contributed by atoms with E-state index in [2.05, 4.69) is 10.3 Å². The van der Waals surface area contributed by atoms with Crippen LogP contribution in [0.4, 0.5) is 18.9 Å². The average molecular weight is 555 g/mol. The smallest absolute Gasteiger partial charge is 0.251 e. The predicted octanol–water partition coefficient (Wildman–Crippen LogP) is 5.23. The second kappa shape index (κ2) is 11.2. The maximum absolute atomic E-state index is 15.9. The minimum Gasteiger partial charge on any atom is -0.495 e. The molecule has 0 radical (unpaired) electrons. The molecular weight excluding hydrogens is 521 g/mol. The SMILES string of the molecule is COc1cc(C(=O)NCC(c2nc(-c3ccc(F)cc3)c(F)c(C(C)(C)O)c2F)C2CC2)cc(/C=C(/C)N)c1N. The fourth-order valence-electron chi connectivity index (χ4n) is 4.75. The molecule has 212 valence electrons. The summed E-state index contributed by atoms with van der Waals surface area (Å²) in [6.07, 6.45) is 3.15. The van der Waals surface area contributed by atoms with Crippen molar-refractivity contribution in [1.82, 2.24) is 10.3 Å². The molecule has 0 aliphatic heterocycles. The molecule has 1 saturated carbocycles. The molecule has 7 nitrogen and oxygen atoms in total. The number of hydrogen-bond donors (Lipinski definition) is 4. The molecule has 2 aromatic carbocycles. The summed E-state index contributed by atoms with van der Waals surface area (Å²) in [5.41, 5.74) is 11.0.